The maximum absolute atomic E-state index is 14.2. The molecule has 0 saturated carbocycles. The quantitative estimate of drug-likeness (QED) is 0.249. The van der Waals surface area contributed by atoms with Crippen molar-refractivity contribution in [2.45, 2.75) is 26.8 Å². The van der Waals surface area contributed by atoms with E-state index >= 15 is 0 Å². The molecule has 0 aliphatic carbocycles. The molecule has 4 aromatic rings. The van der Waals surface area contributed by atoms with Crippen LogP contribution in [0.5, 0.6) is 17.2 Å². The van der Waals surface area contributed by atoms with Crippen LogP contribution in [-0.4, -0.2) is 38.0 Å². The van der Waals surface area contributed by atoms with Crippen LogP contribution in [0.1, 0.15) is 37.9 Å². The van der Waals surface area contributed by atoms with Gasteiger partial charge in [-0.05, 0) is 61.4 Å². The van der Waals surface area contributed by atoms with Crippen molar-refractivity contribution in [1.82, 2.24) is 4.57 Å². The minimum atomic E-state index is -0.819. The third-order valence-corrected chi connectivity index (χ3v) is 8.49. The lowest BCUT2D eigenvalue weighted by molar-refractivity contribution is -0.139. The van der Waals surface area contributed by atoms with Crippen molar-refractivity contribution in [2.24, 2.45) is 4.99 Å². The van der Waals surface area contributed by atoms with Gasteiger partial charge in [0, 0.05) is 10.0 Å². The maximum atomic E-state index is 14.2. The van der Waals surface area contributed by atoms with E-state index < -0.39 is 12.0 Å². The minimum Gasteiger partial charge on any atom is -0.496 e. The molecule has 1 aliphatic rings. The van der Waals surface area contributed by atoms with Gasteiger partial charge in [0.15, 0.2) is 16.3 Å². The smallest absolute Gasteiger partial charge is 0.338 e. The molecule has 3 aromatic carbocycles. The summed E-state index contributed by atoms with van der Waals surface area (Å²) >= 11 is 4.91. The second-order valence-corrected chi connectivity index (χ2v) is 11.0. The van der Waals surface area contributed by atoms with Crippen LogP contribution < -0.4 is 29.1 Å². The fourth-order valence-corrected chi connectivity index (χ4v) is 6.58. The van der Waals surface area contributed by atoms with Crippen LogP contribution in [0.3, 0.4) is 0 Å². The molecule has 8 nitrogen and oxygen atoms in total. The molecule has 10 heteroatoms. The van der Waals surface area contributed by atoms with Gasteiger partial charge in [-0.3, -0.25) is 9.36 Å². The van der Waals surface area contributed by atoms with Crippen LogP contribution in [-0.2, 0) is 9.53 Å². The molecule has 41 heavy (non-hydrogen) atoms. The second-order valence-electron chi connectivity index (χ2n) is 9.16. The fourth-order valence-electron chi connectivity index (χ4n) is 5.01. The van der Waals surface area contributed by atoms with Crippen molar-refractivity contribution in [3.05, 3.63) is 95.1 Å². The van der Waals surface area contributed by atoms with Crippen molar-refractivity contribution in [3.8, 4) is 17.2 Å². The average molecular weight is 638 g/mol. The molecule has 5 rings (SSSR count). The zero-order valence-corrected chi connectivity index (χ0v) is 25.7. The lowest BCUT2D eigenvalue weighted by Crippen LogP contribution is -2.40. The summed E-state index contributed by atoms with van der Waals surface area (Å²) in [5.74, 6) is 1.13. The summed E-state index contributed by atoms with van der Waals surface area (Å²) in [6, 6.07) is 14.5. The summed E-state index contributed by atoms with van der Waals surface area (Å²) in [6.07, 6.45) is 1.83. The number of nitrogens with zero attached hydrogens (tertiary/aromatic N) is 2. The molecule has 1 atom stereocenters. The van der Waals surface area contributed by atoms with E-state index in [2.05, 4.69) is 15.9 Å². The number of carbonyl (C=O) groups is 1. The van der Waals surface area contributed by atoms with Gasteiger partial charge >= 0.3 is 5.97 Å². The molecule has 0 N–H and O–H groups in total. The van der Waals surface area contributed by atoms with E-state index in [4.69, 9.17) is 23.9 Å². The van der Waals surface area contributed by atoms with Crippen molar-refractivity contribution < 1.29 is 23.7 Å². The van der Waals surface area contributed by atoms with Crippen LogP contribution in [0, 0.1) is 0 Å². The molecular weight excluding hydrogens is 608 g/mol. The molecule has 0 unspecified atom stereocenters. The number of hydrogen-bond acceptors (Lipinski definition) is 8. The standard InChI is InChI=1S/C31H29BrN2O6S/c1-6-39-25-16-22(32)21(14-24(25)38-5)28-27(30(36)40-7-2)17(3)33-31-34(28)29(35)26(41-31)15-20-19-11-9-8-10-18(19)12-13-23(20)37-4/h8-16,28H,6-7H2,1-5H3/b26-15+/t28-/m1/s1. The largest absolute Gasteiger partial charge is 0.496 e. The summed E-state index contributed by atoms with van der Waals surface area (Å²) in [5.41, 5.74) is 1.89. The fraction of sp³-hybridized carbons (Fsp3) is 0.258. The number of halogens is 1. The third-order valence-electron chi connectivity index (χ3n) is 6.82. The highest BCUT2D eigenvalue weighted by Gasteiger charge is 2.35. The SMILES string of the molecule is CCOC(=O)C1=C(C)N=c2s/c(=C/c3c(OC)ccc4ccccc34)c(=O)n2[C@@H]1c1cc(OC)c(OCC)cc1Br. The Balaban J connectivity index is 1.80. The van der Waals surface area contributed by atoms with E-state index in [0.29, 0.717) is 48.9 Å². The average Bonchev–Trinajstić information content (AvgIpc) is 3.27. The topological polar surface area (TPSA) is 88.4 Å². The predicted molar refractivity (Wildman–Crippen MR) is 163 cm³/mol. The zero-order valence-electron chi connectivity index (χ0n) is 23.3. The van der Waals surface area contributed by atoms with Crippen LogP contribution in [0.25, 0.3) is 16.8 Å². The lowest BCUT2D eigenvalue weighted by Gasteiger charge is -2.26. The summed E-state index contributed by atoms with van der Waals surface area (Å²) in [7, 11) is 3.15. The van der Waals surface area contributed by atoms with E-state index in [-0.39, 0.29) is 17.7 Å². The van der Waals surface area contributed by atoms with Gasteiger partial charge in [-0.1, -0.05) is 57.6 Å². The Bertz CT molecular complexity index is 1870. The molecule has 2 heterocycles. The molecule has 1 aliphatic heterocycles. The summed E-state index contributed by atoms with van der Waals surface area (Å²) in [5, 5.41) is 1.98. The number of allylic oxidation sites excluding steroid dienone is 1. The highest BCUT2D eigenvalue weighted by Crippen LogP contribution is 2.41. The van der Waals surface area contributed by atoms with Crippen LogP contribution in [0.2, 0.25) is 0 Å². The molecule has 0 bridgehead atoms. The first-order valence-corrected chi connectivity index (χ1v) is 14.7. The van der Waals surface area contributed by atoms with Gasteiger partial charge in [-0.25, -0.2) is 9.79 Å². The third kappa shape index (κ3) is 5.17. The van der Waals surface area contributed by atoms with Crippen molar-refractivity contribution in [2.75, 3.05) is 27.4 Å². The van der Waals surface area contributed by atoms with Crippen LogP contribution in [0.4, 0.5) is 0 Å². The molecule has 0 amide bonds. The number of carbonyl (C=O) groups excluding carboxylic acids is 1. The Kier molecular flexibility index (Phi) is 8.32. The van der Waals surface area contributed by atoms with Crippen LogP contribution in [0.15, 0.2) is 74.1 Å². The molecule has 212 valence electrons. The van der Waals surface area contributed by atoms with Gasteiger partial charge in [0.2, 0.25) is 0 Å². The Morgan fingerprint density at radius 1 is 1.05 bits per heavy atom. The first-order valence-electron chi connectivity index (χ1n) is 13.1. The highest BCUT2D eigenvalue weighted by molar-refractivity contribution is 9.10. The number of hydrogen-bond donors (Lipinski definition) is 0. The summed E-state index contributed by atoms with van der Waals surface area (Å²) in [4.78, 5) is 32.7. The molecule has 0 radical (unpaired) electrons. The Morgan fingerprint density at radius 2 is 1.80 bits per heavy atom. The summed E-state index contributed by atoms with van der Waals surface area (Å²) < 4.78 is 25.1. The predicted octanol–water partition coefficient (Wildman–Crippen LogP) is 5.13. The highest BCUT2D eigenvalue weighted by atomic mass is 79.9. The Hall–Kier alpha value is -3.89. The molecule has 0 fully saturated rings. The first kappa shape index (κ1) is 28.6. The van der Waals surface area contributed by atoms with Crippen molar-refractivity contribution >= 4 is 50.1 Å². The number of benzene rings is 3. The lowest BCUT2D eigenvalue weighted by atomic mass is 9.95. The second kappa shape index (κ2) is 11.9. The number of ether oxygens (including phenoxy) is 4. The molecule has 0 saturated heterocycles. The number of rotatable bonds is 8. The minimum absolute atomic E-state index is 0.182. The normalized spacial score (nSPS) is 15.0. The van der Waals surface area contributed by atoms with Gasteiger partial charge in [-0.15, -0.1) is 0 Å². The Morgan fingerprint density at radius 3 is 2.51 bits per heavy atom. The van der Waals surface area contributed by atoms with Gasteiger partial charge in [0.05, 0.1) is 49.3 Å². The van der Waals surface area contributed by atoms with E-state index in [1.54, 1.807) is 44.8 Å². The number of esters is 1. The number of methoxy groups -OCH3 is 2. The van der Waals surface area contributed by atoms with E-state index in [9.17, 15) is 9.59 Å². The van der Waals surface area contributed by atoms with Gasteiger partial charge < -0.3 is 18.9 Å². The van der Waals surface area contributed by atoms with E-state index in [1.807, 2.05) is 49.4 Å². The van der Waals surface area contributed by atoms with E-state index in [1.165, 1.54) is 11.3 Å². The van der Waals surface area contributed by atoms with Crippen LogP contribution >= 0.6 is 27.3 Å². The molecule has 1 aromatic heterocycles. The van der Waals surface area contributed by atoms with Gasteiger partial charge in [-0.2, -0.15) is 0 Å². The zero-order chi connectivity index (χ0) is 29.3. The molecule has 0 spiro atoms. The van der Waals surface area contributed by atoms with Crippen molar-refractivity contribution in [3.63, 3.8) is 0 Å². The van der Waals surface area contributed by atoms with Gasteiger partial charge in [0.25, 0.3) is 5.56 Å². The monoisotopic (exact) mass is 636 g/mol. The molecular formula is C31H29BrN2O6S. The van der Waals surface area contributed by atoms with Crippen molar-refractivity contribution in [1.29, 1.82) is 0 Å². The maximum Gasteiger partial charge on any atom is 0.338 e. The Labute approximate surface area is 249 Å². The first-order chi connectivity index (χ1) is 19.8. The van der Waals surface area contributed by atoms with Gasteiger partial charge in [0.1, 0.15) is 5.75 Å². The van der Waals surface area contributed by atoms with E-state index in [0.717, 1.165) is 16.3 Å². The summed E-state index contributed by atoms with van der Waals surface area (Å²) in [6.45, 7) is 6.01. The number of aromatic nitrogens is 1. The number of thiazole rings is 1. The number of fused-ring (bicyclic) bond motifs is 2.